The molecule has 0 saturated heterocycles. The molecule has 0 aliphatic heterocycles. The van der Waals surface area contributed by atoms with Gasteiger partial charge in [0.15, 0.2) is 11.5 Å². The van der Waals surface area contributed by atoms with Crippen LogP contribution in [0.1, 0.15) is 49.4 Å². The molecule has 5 rings (SSSR count). The van der Waals surface area contributed by atoms with E-state index in [4.69, 9.17) is 26.1 Å². The van der Waals surface area contributed by atoms with Gasteiger partial charge in [0.25, 0.3) is 11.2 Å². The van der Waals surface area contributed by atoms with Crippen LogP contribution in [0.25, 0.3) is 10.9 Å². The second kappa shape index (κ2) is 11.0. The minimum absolute atomic E-state index is 0.110. The van der Waals surface area contributed by atoms with Gasteiger partial charge in [-0.1, -0.05) is 43.0 Å². The van der Waals surface area contributed by atoms with Crippen LogP contribution in [0.2, 0.25) is 5.02 Å². The number of halogens is 1. The number of rotatable bonds is 7. The summed E-state index contributed by atoms with van der Waals surface area (Å²) in [6.07, 6.45) is 7.75. The molecule has 1 aliphatic carbocycles. The lowest BCUT2D eigenvalue weighted by atomic mass is 9.88. The van der Waals surface area contributed by atoms with Crippen molar-refractivity contribution in [1.29, 1.82) is 0 Å². The fourth-order valence-electron chi connectivity index (χ4n) is 4.59. The van der Waals surface area contributed by atoms with Crippen molar-refractivity contribution in [3.8, 4) is 17.4 Å². The van der Waals surface area contributed by atoms with E-state index < -0.39 is 4.92 Å². The molecule has 11 heteroatoms. The molecule has 1 saturated carbocycles. The Morgan fingerprint density at radius 3 is 2.66 bits per heavy atom. The molecule has 0 spiro atoms. The predicted molar refractivity (Wildman–Crippen MR) is 144 cm³/mol. The van der Waals surface area contributed by atoms with Crippen LogP contribution in [0.15, 0.2) is 64.6 Å². The van der Waals surface area contributed by atoms with E-state index in [0.717, 1.165) is 38.3 Å². The predicted octanol–water partition coefficient (Wildman–Crippen LogP) is 6.08. The molecule has 2 aromatic heterocycles. The van der Waals surface area contributed by atoms with Crippen LogP contribution in [0.5, 0.6) is 17.4 Å². The number of nitrogens with zero attached hydrogens (tertiary/aromatic N) is 5. The van der Waals surface area contributed by atoms with E-state index in [9.17, 15) is 14.9 Å². The van der Waals surface area contributed by atoms with E-state index in [-0.39, 0.29) is 28.8 Å². The number of hydrogen-bond donors (Lipinski definition) is 0. The highest BCUT2D eigenvalue weighted by Gasteiger charge is 2.23. The molecule has 0 unspecified atom stereocenters. The molecule has 1 aliphatic rings. The summed E-state index contributed by atoms with van der Waals surface area (Å²) in [5, 5.41) is 16.4. The Labute approximate surface area is 222 Å². The summed E-state index contributed by atoms with van der Waals surface area (Å²) in [5.74, 6) is 1.39. The second-order valence-electron chi connectivity index (χ2n) is 8.92. The summed E-state index contributed by atoms with van der Waals surface area (Å²) in [7, 11) is 1.46. The number of fused-ring (bicyclic) bond motifs is 1. The SMILES string of the molecule is COc1cc(Cl)cc(C=Nn2c(C3CCCCC3)nc3ccccc3c2=O)c1Oc1ccc([N+](=O)[O-])cn1. The number of ether oxygens (including phenoxy) is 2. The van der Waals surface area contributed by atoms with Crippen LogP contribution >= 0.6 is 11.6 Å². The van der Waals surface area contributed by atoms with Crippen LogP contribution in [0.4, 0.5) is 5.69 Å². The molecule has 0 amide bonds. The van der Waals surface area contributed by atoms with Gasteiger partial charge in [0.05, 0.1) is 29.2 Å². The van der Waals surface area contributed by atoms with Crippen molar-refractivity contribution in [2.24, 2.45) is 5.10 Å². The number of para-hydroxylation sites is 1. The highest BCUT2D eigenvalue weighted by molar-refractivity contribution is 6.31. The molecule has 2 aromatic carbocycles. The molecular formula is C27H24ClN5O5. The van der Waals surface area contributed by atoms with E-state index in [1.165, 1.54) is 30.1 Å². The molecule has 0 atom stereocenters. The van der Waals surface area contributed by atoms with Crippen LogP contribution in [0.3, 0.4) is 0 Å². The van der Waals surface area contributed by atoms with Crippen molar-refractivity contribution in [1.82, 2.24) is 14.6 Å². The van der Waals surface area contributed by atoms with Gasteiger partial charge in [0, 0.05) is 34.7 Å². The Morgan fingerprint density at radius 1 is 1.16 bits per heavy atom. The summed E-state index contributed by atoms with van der Waals surface area (Å²) in [6, 6.07) is 13.1. The number of nitro groups is 1. The molecule has 0 bridgehead atoms. The molecule has 10 nitrogen and oxygen atoms in total. The largest absolute Gasteiger partial charge is 0.493 e. The van der Waals surface area contributed by atoms with E-state index in [1.807, 2.05) is 12.1 Å². The van der Waals surface area contributed by atoms with Crippen LogP contribution in [0, 0.1) is 10.1 Å². The van der Waals surface area contributed by atoms with Gasteiger partial charge in [-0.3, -0.25) is 14.9 Å². The lowest BCUT2D eigenvalue weighted by Crippen LogP contribution is -2.25. The van der Waals surface area contributed by atoms with E-state index in [0.29, 0.717) is 33.1 Å². The molecule has 0 radical (unpaired) electrons. The standard InChI is InChI=1S/C27H24ClN5O5/c1-37-23-14-19(28)13-18(25(23)38-24-12-11-20(16-29-24)33(35)36)15-30-32-26(17-7-3-2-4-8-17)31-22-10-6-5-9-21(22)27(32)34/h5-6,9-17H,2-4,7-8H2,1H3. The van der Waals surface area contributed by atoms with Gasteiger partial charge in [-0.05, 0) is 31.0 Å². The molecule has 0 N–H and O–H groups in total. The first-order valence-corrected chi connectivity index (χ1v) is 12.5. The Bertz CT molecular complexity index is 1580. The van der Waals surface area contributed by atoms with Crippen molar-refractivity contribution >= 4 is 34.4 Å². The summed E-state index contributed by atoms with van der Waals surface area (Å²) < 4.78 is 12.8. The molecule has 4 aromatic rings. The van der Waals surface area contributed by atoms with Crippen molar-refractivity contribution in [3.63, 3.8) is 0 Å². The molecule has 38 heavy (non-hydrogen) atoms. The normalized spacial score (nSPS) is 14.2. The topological polar surface area (TPSA) is 122 Å². The van der Waals surface area contributed by atoms with E-state index in [2.05, 4.69) is 10.1 Å². The summed E-state index contributed by atoms with van der Waals surface area (Å²) in [5.41, 5.74) is 0.632. The fourth-order valence-corrected chi connectivity index (χ4v) is 4.81. The maximum absolute atomic E-state index is 13.5. The molecule has 194 valence electrons. The summed E-state index contributed by atoms with van der Waals surface area (Å²) >= 11 is 6.33. The van der Waals surface area contributed by atoms with Crippen molar-refractivity contribution in [3.05, 3.63) is 91.6 Å². The lowest BCUT2D eigenvalue weighted by molar-refractivity contribution is -0.385. The lowest BCUT2D eigenvalue weighted by Gasteiger charge is -2.22. The summed E-state index contributed by atoms with van der Waals surface area (Å²) in [4.78, 5) is 32.8. The first kappa shape index (κ1) is 25.3. The van der Waals surface area contributed by atoms with Crippen molar-refractivity contribution in [2.45, 2.75) is 38.0 Å². The van der Waals surface area contributed by atoms with Gasteiger partial charge in [-0.2, -0.15) is 9.78 Å². The average molecular weight is 534 g/mol. The van der Waals surface area contributed by atoms with Gasteiger partial charge in [-0.25, -0.2) is 9.97 Å². The summed E-state index contributed by atoms with van der Waals surface area (Å²) in [6.45, 7) is 0. The number of aromatic nitrogens is 3. The minimum Gasteiger partial charge on any atom is -0.493 e. The first-order chi connectivity index (χ1) is 18.4. The highest BCUT2D eigenvalue weighted by atomic mass is 35.5. The third-order valence-electron chi connectivity index (χ3n) is 6.47. The van der Waals surface area contributed by atoms with E-state index in [1.54, 1.807) is 24.3 Å². The Balaban J connectivity index is 1.60. The number of methoxy groups -OCH3 is 1. The van der Waals surface area contributed by atoms with Gasteiger partial charge in [0.1, 0.15) is 12.0 Å². The second-order valence-corrected chi connectivity index (χ2v) is 9.36. The zero-order valence-corrected chi connectivity index (χ0v) is 21.3. The average Bonchev–Trinajstić information content (AvgIpc) is 2.94. The molecule has 1 fully saturated rings. The first-order valence-electron chi connectivity index (χ1n) is 12.2. The fraction of sp³-hybridized carbons (Fsp3) is 0.259. The molecule has 2 heterocycles. The van der Waals surface area contributed by atoms with Gasteiger partial charge >= 0.3 is 0 Å². The van der Waals surface area contributed by atoms with Crippen LogP contribution in [-0.2, 0) is 0 Å². The Morgan fingerprint density at radius 2 is 1.95 bits per heavy atom. The molecular weight excluding hydrogens is 510 g/mol. The Kier molecular flexibility index (Phi) is 7.32. The smallest absolute Gasteiger partial charge is 0.287 e. The van der Waals surface area contributed by atoms with Gasteiger partial charge < -0.3 is 9.47 Å². The van der Waals surface area contributed by atoms with Crippen molar-refractivity contribution < 1.29 is 14.4 Å². The quantitative estimate of drug-likeness (QED) is 0.160. The highest BCUT2D eigenvalue weighted by Crippen LogP contribution is 2.37. The van der Waals surface area contributed by atoms with E-state index >= 15 is 0 Å². The maximum atomic E-state index is 13.5. The van der Waals surface area contributed by atoms with Gasteiger partial charge in [0.2, 0.25) is 5.88 Å². The van der Waals surface area contributed by atoms with Crippen molar-refractivity contribution in [2.75, 3.05) is 7.11 Å². The number of hydrogen-bond acceptors (Lipinski definition) is 8. The third-order valence-corrected chi connectivity index (χ3v) is 6.69. The third kappa shape index (κ3) is 5.21. The van der Waals surface area contributed by atoms with Crippen LogP contribution < -0.4 is 15.0 Å². The maximum Gasteiger partial charge on any atom is 0.287 e. The van der Waals surface area contributed by atoms with Crippen LogP contribution in [-0.4, -0.2) is 32.9 Å². The Hall–Kier alpha value is -4.31. The number of benzene rings is 2. The monoisotopic (exact) mass is 533 g/mol. The van der Waals surface area contributed by atoms with Gasteiger partial charge in [-0.15, -0.1) is 0 Å². The zero-order valence-electron chi connectivity index (χ0n) is 20.5. The zero-order chi connectivity index (χ0) is 26.6. The number of pyridine rings is 1. The minimum atomic E-state index is -0.545.